The minimum Gasteiger partial charge on any atom is -0.451 e. The Labute approximate surface area is 242 Å². The van der Waals surface area contributed by atoms with Crippen LogP contribution in [0.5, 0.6) is 0 Å². The summed E-state index contributed by atoms with van der Waals surface area (Å²) in [6.07, 6.45) is -0.494. The summed E-state index contributed by atoms with van der Waals surface area (Å²) in [5.41, 5.74) is 0.870. The number of thiophene rings is 1. The van der Waals surface area contributed by atoms with Gasteiger partial charge in [-0.05, 0) is 33.6 Å². The zero-order valence-electron chi connectivity index (χ0n) is 20.4. The van der Waals surface area contributed by atoms with Crippen LogP contribution < -0.4 is 5.32 Å². The lowest BCUT2D eigenvalue weighted by Crippen LogP contribution is -2.83. The molecule has 2 aliphatic heterocycles. The summed E-state index contributed by atoms with van der Waals surface area (Å²) in [5.74, 6) is -1.32. The maximum Gasteiger partial charge on any atom is 0.334 e. The van der Waals surface area contributed by atoms with Gasteiger partial charge in [-0.25, -0.2) is 4.79 Å². The highest BCUT2D eigenvalue weighted by atomic mass is 127. The molecule has 196 valence electrons. The molecule has 3 heterocycles. The molecule has 2 aromatic carbocycles. The first-order valence-electron chi connectivity index (χ1n) is 11.9. The molecular weight excluding hydrogens is 635 g/mol. The van der Waals surface area contributed by atoms with E-state index in [0.717, 1.165) is 21.6 Å². The van der Waals surface area contributed by atoms with E-state index in [1.54, 1.807) is 0 Å². The van der Waals surface area contributed by atoms with E-state index in [2.05, 4.69) is 27.9 Å². The Morgan fingerprint density at radius 1 is 1.05 bits per heavy atom. The molecule has 0 spiro atoms. The molecule has 1 N–H and O–H groups in total. The summed E-state index contributed by atoms with van der Waals surface area (Å²) < 4.78 is 12.3. The molecule has 0 bridgehead atoms. The standard InChI is InChI=1S/C28H25IN2O5S2/c1-35-28(30-22(32)15-21-13-8-14-37-21)26(34)31-23(20(16-29)17-38-27(28)31)25(33)36-24(18-9-4-2-5-10-18)19-11-6-3-7-12-19/h2-14,17,23-24,27H,15-16H2,1H3,(H,30,32)/t23-,27-,28-/m0/s1. The number of carbonyl (C=O) groups is 3. The second-order valence-corrected chi connectivity index (χ2v) is 11.6. The summed E-state index contributed by atoms with van der Waals surface area (Å²) in [7, 11) is 1.40. The normalized spacial score (nSPS) is 22.3. The average molecular weight is 661 g/mol. The van der Waals surface area contributed by atoms with Gasteiger partial charge in [-0.3, -0.25) is 9.59 Å². The minimum absolute atomic E-state index is 0.142. The Hall–Kier alpha value is -2.67. The van der Waals surface area contributed by atoms with E-state index in [1.807, 2.05) is 83.6 Å². The number of halogens is 1. The summed E-state index contributed by atoms with van der Waals surface area (Å²) in [4.78, 5) is 42.6. The summed E-state index contributed by atoms with van der Waals surface area (Å²) in [5, 5.41) is 5.97. The van der Waals surface area contributed by atoms with Gasteiger partial charge < -0.3 is 19.7 Å². The number of nitrogens with one attached hydrogen (secondary N) is 1. The fourth-order valence-electron chi connectivity index (χ4n) is 4.65. The lowest BCUT2D eigenvalue weighted by molar-refractivity contribution is -0.202. The van der Waals surface area contributed by atoms with Gasteiger partial charge in [-0.2, -0.15) is 0 Å². The number of alkyl halides is 1. The van der Waals surface area contributed by atoms with Crippen molar-refractivity contribution in [1.29, 1.82) is 0 Å². The number of esters is 1. The van der Waals surface area contributed by atoms with E-state index in [-0.39, 0.29) is 12.3 Å². The molecule has 38 heavy (non-hydrogen) atoms. The molecule has 10 heteroatoms. The summed E-state index contributed by atoms with van der Waals surface area (Å²) in [6, 6.07) is 21.9. The van der Waals surface area contributed by atoms with Gasteiger partial charge in [0.15, 0.2) is 12.1 Å². The third-order valence-corrected chi connectivity index (χ3v) is 9.52. The number of β-lactam (4-membered cyclic amide) rings is 1. The first-order valence-corrected chi connectivity index (χ1v) is 15.3. The van der Waals surface area contributed by atoms with Crippen molar-refractivity contribution in [1.82, 2.24) is 10.2 Å². The van der Waals surface area contributed by atoms with Gasteiger partial charge in [0.1, 0.15) is 5.37 Å². The Balaban J connectivity index is 1.40. The molecule has 0 unspecified atom stereocenters. The number of nitrogens with zero attached hydrogens (tertiary/aromatic N) is 1. The van der Waals surface area contributed by atoms with Gasteiger partial charge in [0.05, 0.1) is 6.42 Å². The van der Waals surface area contributed by atoms with E-state index >= 15 is 0 Å². The van der Waals surface area contributed by atoms with Gasteiger partial charge in [0.25, 0.3) is 11.6 Å². The van der Waals surface area contributed by atoms with Crippen LogP contribution in [0.1, 0.15) is 22.1 Å². The summed E-state index contributed by atoms with van der Waals surface area (Å²) >= 11 is 5.01. The van der Waals surface area contributed by atoms with Crippen molar-refractivity contribution < 1.29 is 23.9 Å². The number of hydrogen-bond acceptors (Lipinski definition) is 7. The molecule has 3 aromatic rings. The van der Waals surface area contributed by atoms with E-state index < -0.39 is 35.1 Å². The zero-order valence-corrected chi connectivity index (χ0v) is 24.2. The Morgan fingerprint density at radius 2 is 1.71 bits per heavy atom. The summed E-state index contributed by atoms with van der Waals surface area (Å²) in [6.45, 7) is 0. The van der Waals surface area contributed by atoms with Crippen LogP contribution >= 0.6 is 45.7 Å². The number of carbonyl (C=O) groups excluding carboxylic acids is 3. The molecule has 1 fully saturated rings. The van der Waals surface area contributed by atoms with Crippen molar-refractivity contribution in [3.05, 3.63) is 105 Å². The monoisotopic (exact) mass is 660 g/mol. The number of amides is 2. The Bertz CT molecular complexity index is 1300. The predicted molar refractivity (Wildman–Crippen MR) is 156 cm³/mol. The van der Waals surface area contributed by atoms with Crippen LogP contribution in [0.3, 0.4) is 0 Å². The molecule has 1 aromatic heterocycles. The molecule has 0 radical (unpaired) electrons. The average Bonchev–Trinajstić information content (AvgIpc) is 3.47. The van der Waals surface area contributed by atoms with Crippen LogP contribution in [0.2, 0.25) is 0 Å². The van der Waals surface area contributed by atoms with Gasteiger partial charge in [-0.1, -0.05) is 89.3 Å². The van der Waals surface area contributed by atoms with Crippen LogP contribution in [-0.4, -0.2) is 51.4 Å². The molecule has 1 saturated heterocycles. The zero-order chi connectivity index (χ0) is 26.7. The quantitative estimate of drug-likeness (QED) is 0.118. The number of rotatable bonds is 9. The fourth-order valence-corrected chi connectivity index (χ4v) is 7.61. The number of hydrogen-bond donors (Lipinski definition) is 1. The molecule has 5 rings (SSSR count). The maximum absolute atomic E-state index is 13.8. The number of benzene rings is 2. The molecule has 2 aliphatic rings. The first kappa shape index (κ1) is 26.9. The lowest BCUT2D eigenvalue weighted by Gasteiger charge is -2.57. The Kier molecular flexibility index (Phi) is 8.22. The molecule has 2 amide bonds. The van der Waals surface area contributed by atoms with Gasteiger partial charge in [0, 0.05) is 16.4 Å². The largest absolute Gasteiger partial charge is 0.451 e. The van der Waals surface area contributed by atoms with E-state index in [1.165, 1.54) is 35.1 Å². The lowest BCUT2D eigenvalue weighted by atomic mass is 9.94. The SMILES string of the molecule is CO[C@@]1(NC(=O)Cc2cccs2)C(=O)N2[C@H](C(=O)OC(c3ccccc3)c3ccccc3)C(CI)=CS[C@H]21. The third kappa shape index (κ3) is 5.02. The van der Waals surface area contributed by atoms with Crippen molar-refractivity contribution in [3.8, 4) is 0 Å². The number of methoxy groups -OCH3 is 1. The number of fused-ring (bicyclic) bond motifs is 1. The highest BCUT2D eigenvalue weighted by Gasteiger charge is 2.67. The topological polar surface area (TPSA) is 84.9 Å². The smallest absolute Gasteiger partial charge is 0.334 e. The highest BCUT2D eigenvalue weighted by Crippen LogP contribution is 2.47. The second kappa shape index (κ2) is 11.6. The number of ether oxygens (including phenoxy) is 2. The van der Waals surface area contributed by atoms with Crippen LogP contribution in [0.25, 0.3) is 0 Å². The van der Waals surface area contributed by atoms with Crippen molar-refractivity contribution in [3.63, 3.8) is 0 Å². The van der Waals surface area contributed by atoms with Crippen LogP contribution in [0.15, 0.2) is 89.2 Å². The van der Waals surface area contributed by atoms with Crippen LogP contribution in [0, 0.1) is 0 Å². The highest BCUT2D eigenvalue weighted by molar-refractivity contribution is 14.1. The third-order valence-electron chi connectivity index (χ3n) is 6.51. The molecule has 0 aliphatic carbocycles. The van der Waals surface area contributed by atoms with Gasteiger partial charge in [0.2, 0.25) is 5.91 Å². The molecule has 7 nitrogen and oxygen atoms in total. The Morgan fingerprint density at radius 3 is 2.26 bits per heavy atom. The first-order chi connectivity index (χ1) is 18.5. The van der Waals surface area contributed by atoms with Crippen molar-refractivity contribution in [2.24, 2.45) is 0 Å². The maximum atomic E-state index is 13.8. The molecular formula is C28H25IN2O5S2. The molecule has 0 saturated carbocycles. The van der Waals surface area contributed by atoms with E-state index in [9.17, 15) is 14.4 Å². The van der Waals surface area contributed by atoms with Crippen molar-refractivity contribution >= 4 is 63.5 Å². The van der Waals surface area contributed by atoms with Gasteiger partial charge >= 0.3 is 5.97 Å². The molecule has 3 atom stereocenters. The van der Waals surface area contributed by atoms with Crippen LogP contribution in [-0.2, 0) is 30.3 Å². The van der Waals surface area contributed by atoms with Gasteiger partial charge in [-0.15, -0.1) is 23.1 Å². The van der Waals surface area contributed by atoms with Crippen molar-refractivity contribution in [2.75, 3.05) is 11.5 Å². The second-order valence-electron chi connectivity index (χ2n) is 8.81. The number of thioether (sulfide) groups is 1. The van der Waals surface area contributed by atoms with E-state index in [0.29, 0.717) is 4.43 Å². The minimum atomic E-state index is -1.55. The predicted octanol–water partition coefficient (Wildman–Crippen LogP) is 4.68. The van der Waals surface area contributed by atoms with E-state index in [4.69, 9.17) is 9.47 Å². The van der Waals surface area contributed by atoms with Crippen LogP contribution in [0.4, 0.5) is 0 Å². The van der Waals surface area contributed by atoms with Crippen molar-refractivity contribution in [2.45, 2.75) is 29.7 Å². The fraction of sp³-hybridized carbons (Fsp3) is 0.250.